The highest BCUT2D eigenvalue weighted by molar-refractivity contribution is 8.77. The van der Waals surface area contributed by atoms with Crippen LogP contribution in [0.3, 0.4) is 0 Å². The van der Waals surface area contributed by atoms with Crippen LogP contribution in [0.2, 0.25) is 11.1 Å². The minimum atomic E-state index is -0.325. The molecular formula is C10H26O2S2Si2. The molecule has 16 heavy (non-hydrogen) atoms. The van der Waals surface area contributed by atoms with Crippen molar-refractivity contribution in [3.8, 4) is 0 Å². The molecule has 0 aliphatic rings. The molecule has 0 saturated carbocycles. The summed E-state index contributed by atoms with van der Waals surface area (Å²) in [7, 11) is 7.07. The van der Waals surface area contributed by atoms with Crippen LogP contribution in [-0.2, 0) is 8.85 Å². The Morgan fingerprint density at radius 2 is 1.06 bits per heavy atom. The molecule has 0 aromatic carbocycles. The maximum Gasteiger partial charge on any atom is 0.164 e. The van der Waals surface area contributed by atoms with Crippen LogP contribution >= 0.6 is 21.6 Å². The Hall–Kier alpha value is 1.05. The summed E-state index contributed by atoms with van der Waals surface area (Å²) >= 11 is 0. The Bertz CT molecular complexity index is 157. The quantitative estimate of drug-likeness (QED) is 0.480. The van der Waals surface area contributed by atoms with E-state index in [4.69, 9.17) is 8.85 Å². The zero-order chi connectivity index (χ0) is 12.6. The van der Waals surface area contributed by atoms with Crippen molar-refractivity contribution in [1.82, 2.24) is 0 Å². The lowest BCUT2D eigenvalue weighted by molar-refractivity contribution is 0.431. The summed E-state index contributed by atoms with van der Waals surface area (Å²) < 4.78 is 10.6. The van der Waals surface area contributed by atoms with Gasteiger partial charge in [-0.05, 0) is 11.1 Å². The maximum absolute atomic E-state index is 5.32. The fourth-order valence-electron chi connectivity index (χ4n) is 1.16. The van der Waals surface area contributed by atoms with Crippen molar-refractivity contribution >= 4 is 41.1 Å². The predicted octanol–water partition coefficient (Wildman–Crippen LogP) is 2.22. The van der Waals surface area contributed by atoms with Crippen LogP contribution in [0.25, 0.3) is 0 Å². The molecule has 0 aromatic rings. The van der Waals surface area contributed by atoms with Crippen LogP contribution in [-0.4, -0.2) is 44.2 Å². The van der Waals surface area contributed by atoms with E-state index in [1.165, 1.54) is 0 Å². The first kappa shape index (κ1) is 17.1. The number of hydrogen-bond acceptors (Lipinski definition) is 4. The van der Waals surface area contributed by atoms with E-state index >= 15 is 0 Å². The average Bonchev–Trinajstić information content (AvgIpc) is 2.25. The molecule has 0 aliphatic carbocycles. The van der Waals surface area contributed by atoms with Crippen molar-refractivity contribution in [2.24, 2.45) is 0 Å². The van der Waals surface area contributed by atoms with E-state index in [0.717, 1.165) is 11.1 Å². The summed E-state index contributed by atoms with van der Waals surface area (Å²) in [6, 6.07) is 0. The summed E-state index contributed by atoms with van der Waals surface area (Å²) in [6.45, 7) is 9.26. The fourth-order valence-corrected chi connectivity index (χ4v) is 7.56. The Morgan fingerprint density at radius 1 is 0.750 bits per heavy atom. The highest BCUT2D eigenvalue weighted by Gasteiger charge is 2.18. The first-order valence-electron chi connectivity index (χ1n) is 5.82. The molecule has 0 bridgehead atoms. The average molecular weight is 299 g/mol. The van der Waals surface area contributed by atoms with E-state index in [1.54, 1.807) is 0 Å². The third kappa shape index (κ3) is 7.39. The molecule has 0 N–H and O–H groups in total. The van der Waals surface area contributed by atoms with Crippen LogP contribution < -0.4 is 0 Å². The zero-order valence-corrected chi connectivity index (χ0v) is 15.8. The van der Waals surface area contributed by atoms with Crippen LogP contribution in [0.1, 0.15) is 27.7 Å². The van der Waals surface area contributed by atoms with Crippen molar-refractivity contribution in [3.63, 3.8) is 0 Å². The summed E-state index contributed by atoms with van der Waals surface area (Å²) in [5.41, 5.74) is 1.51. The number of hydrogen-bond donors (Lipinski definition) is 0. The molecule has 6 heteroatoms. The second-order valence-electron chi connectivity index (χ2n) is 4.47. The Kier molecular flexibility index (Phi) is 10.7. The monoisotopic (exact) mass is 298 g/mol. The molecule has 0 heterocycles. The largest absolute Gasteiger partial charge is 0.427 e. The molecule has 0 aromatic heterocycles. The standard InChI is InChI=1S/C10H26O2S2Si2/c1-7(9(3)15-11-5)13-14-8(2)10(4)16-12-6/h7-10H,15-16H2,1-6H3. The third-order valence-corrected chi connectivity index (χ3v) is 10.4. The summed E-state index contributed by atoms with van der Waals surface area (Å²) in [4.78, 5) is 0. The van der Waals surface area contributed by atoms with Crippen LogP contribution in [0.4, 0.5) is 0 Å². The SMILES string of the molecule is CO[SiH2]C(C)C(C)SSC(C)C(C)[SiH2]OC. The van der Waals surface area contributed by atoms with E-state index in [9.17, 15) is 0 Å². The van der Waals surface area contributed by atoms with E-state index in [2.05, 4.69) is 27.7 Å². The van der Waals surface area contributed by atoms with Gasteiger partial charge >= 0.3 is 0 Å². The van der Waals surface area contributed by atoms with E-state index in [-0.39, 0.29) is 19.5 Å². The van der Waals surface area contributed by atoms with Crippen molar-refractivity contribution in [2.45, 2.75) is 49.3 Å². The van der Waals surface area contributed by atoms with Gasteiger partial charge in [0.15, 0.2) is 19.5 Å². The third-order valence-electron chi connectivity index (χ3n) is 2.82. The summed E-state index contributed by atoms with van der Waals surface area (Å²) in [5, 5.41) is 1.41. The zero-order valence-electron chi connectivity index (χ0n) is 11.4. The lowest BCUT2D eigenvalue weighted by Gasteiger charge is -2.22. The highest BCUT2D eigenvalue weighted by Crippen LogP contribution is 2.39. The molecule has 4 unspecified atom stereocenters. The van der Waals surface area contributed by atoms with E-state index < -0.39 is 0 Å². The molecular weight excluding hydrogens is 272 g/mol. The van der Waals surface area contributed by atoms with Gasteiger partial charge in [0, 0.05) is 24.7 Å². The molecule has 98 valence electrons. The van der Waals surface area contributed by atoms with E-state index in [0.29, 0.717) is 10.5 Å². The number of rotatable bonds is 9. The smallest absolute Gasteiger partial charge is 0.164 e. The molecule has 0 fully saturated rings. The lowest BCUT2D eigenvalue weighted by atomic mass is 10.4. The van der Waals surface area contributed by atoms with E-state index in [1.807, 2.05) is 35.8 Å². The van der Waals surface area contributed by atoms with Crippen molar-refractivity contribution in [1.29, 1.82) is 0 Å². The lowest BCUT2D eigenvalue weighted by Crippen LogP contribution is -2.15. The van der Waals surface area contributed by atoms with Gasteiger partial charge < -0.3 is 8.85 Å². The van der Waals surface area contributed by atoms with Crippen LogP contribution in [0.5, 0.6) is 0 Å². The molecule has 4 atom stereocenters. The van der Waals surface area contributed by atoms with Gasteiger partial charge in [0.05, 0.1) is 0 Å². The highest BCUT2D eigenvalue weighted by atomic mass is 33.1. The normalized spacial score (nSPS) is 20.6. The Morgan fingerprint density at radius 3 is 1.31 bits per heavy atom. The topological polar surface area (TPSA) is 18.5 Å². The molecule has 0 spiro atoms. The van der Waals surface area contributed by atoms with Crippen LogP contribution in [0.15, 0.2) is 0 Å². The maximum atomic E-state index is 5.32. The van der Waals surface area contributed by atoms with Gasteiger partial charge in [-0.3, -0.25) is 0 Å². The van der Waals surface area contributed by atoms with Gasteiger partial charge in [-0.1, -0.05) is 49.3 Å². The van der Waals surface area contributed by atoms with Gasteiger partial charge in [-0.2, -0.15) is 0 Å². The Labute approximate surface area is 113 Å². The second kappa shape index (κ2) is 10.0. The Balaban J connectivity index is 3.77. The first-order chi connectivity index (χ1) is 7.52. The summed E-state index contributed by atoms with van der Waals surface area (Å²) in [5.74, 6) is 0. The first-order valence-corrected chi connectivity index (χ1v) is 10.9. The molecule has 0 rings (SSSR count). The van der Waals surface area contributed by atoms with Gasteiger partial charge in [-0.15, -0.1) is 0 Å². The fraction of sp³-hybridized carbons (Fsp3) is 1.00. The molecule has 0 amide bonds. The van der Waals surface area contributed by atoms with Gasteiger partial charge in [0.2, 0.25) is 0 Å². The molecule has 0 saturated heterocycles. The second-order valence-corrected chi connectivity index (χ2v) is 11.9. The van der Waals surface area contributed by atoms with Crippen molar-refractivity contribution < 1.29 is 8.85 Å². The van der Waals surface area contributed by atoms with Crippen molar-refractivity contribution in [3.05, 3.63) is 0 Å². The minimum absolute atomic E-state index is 0.325. The minimum Gasteiger partial charge on any atom is -0.427 e. The molecule has 2 nitrogen and oxygen atoms in total. The van der Waals surface area contributed by atoms with Gasteiger partial charge in [0.25, 0.3) is 0 Å². The summed E-state index contributed by atoms with van der Waals surface area (Å²) in [6.07, 6.45) is 0. The van der Waals surface area contributed by atoms with Crippen LogP contribution in [0, 0.1) is 0 Å². The molecule has 0 radical (unpaired) electrons. The van der Waals surface area contributed by atoms with Crippen molar-refractivity contribution in [2.75, 3.05) is 14.2 Å². The van der Waals surface area contributed by atoms with Gasteiger partial charge in [-0.25, -0.2) is 0 Å². The van der Waals surface area contributed by atoms with Gasteiger partial charge in [0.1, 0.15) is 0 Å². The predicted molar refractivity (Wildman–Crippen MR) is 84.1 cm³/mol. The molecule has 0 aliphatic heterocycles.